The van der Waals surface area contributed by atoms with Gasteiger partial charge in [0, 0.05) is 0 Å². The zero-order valence-corrected chi connectivity index (χ0v) is 11.9. The highest BCUT2D eigenvalue weighted by atomic mass is 35.5. The number of sulfonamides is 1. The summed E-state index contributed by atoms with van der Waals surface area (Å²) in [5.74, 6) is -2.85. The molecular formula is C11H9ClN2O6S. The number of imide groups is 1. The molecule has 0 bridgehead atoms. The summed E-state index contributed by atoms with van der Waals surface area (Å²) < 4.78 is 25.4. The molecule has 0 saturated carbocycles. The number of hydrogen-bond acceptors (Lipinski definition) is 5. The quantitative estimate of drug-likeness (QED) is 0.732. The second kappa shape index (κ2) is 5.43. The van der Waals surface area contributed by atoms with Crippen molar-refractivity contribution in [1.82, 2.24) is 9.62 Å². The van der Waals surface area contributed by atoms with Gasteiger partial charge in [-0.25, -0.2) is 13.2 Å². The molecule has 2 amide bonds. The van der Waals surface area contributed by atoms with Gasteiger partial charge in [-0.1, -0.05) is 11.6 Å². The van der Waals surface area contributed by atoms with Crippen LogP contribution in [0.4, 0.5) is 0 Å². The lowest BCUT2D eigenvalue weighted by Crippen LogP contribution is -2.53. The Hall–Kier alpha value is -1.97. The van der Waals surface area contributed by atoms with Crippen LogP contribution < -0.4 is 5.32 Å². The number of piperazine rings is 1. The molecule has 10 heteroatoms. The third-order valence-electron chi connectivity index (χ3n) is 2.71. The number of carboxylic acid groups (broad SMARTS) is 1. The van der Waals surface area contributed by atoms with Crippen molar-refractivity contribution in [3.8, 4) is 0 Å². The molecular weight excluding hydrogens is 324 g/mol. The van der Waals surface area contributed by atoms with Crippen LogP contribution in [0.1, 0.15) is 10.4 Å². The van der Waals surface area contributed by atoms with Gasteiger partial charge in [0.25, 0.3) is 0 Å². The summed E-state index contributed by atoms with van der Waals surface area (Å²) >= 11 is 5.79. The molecule has 1 saturated heterocycles. The molecule has 0 spiro atoms. The molecule has 0 aromatic heterocycles. The van der Waals surface area contributed by atoms with Gasteiger partial charge in [0.05, 0.1) is 23.7 Å². The second-order valence-corrected chi connectivity index (χ2v) is 6.51. The third kappa shape index (κ3) is 3.04. The van der Waals surface area contributed by atoms with Crippen LogP contribution in [0.25, 0.3) is 0 Å². The van der Waals surface area contributed by atoms with E-state index < -0.39 is 45.8 Å². The van der Waals surface area contributed by atoms with Gasteiger partial charge in [-0.3, -0.25) is 14.9 Å². The smallest absolute Gasteiger partial charge is 0.335 e. The average Bonchev–Trinajstić information content (AvgIpc) is 2.37. The van der Waals surface area contributed by atoms with E-state index in [1.807, 2.05) is 5.32 Å². The van der Waals surface area contributed by atoms with Gasteiger partial charge in [0.1, 0.15) is 4.90 Å². The Labute approximate surface area is 124 Å². The van der Waals surface area contributed by atoms with Crippen molar-refractivity contribution in [2.75, 3.05) is 13.1 Å². The normalized spacial score (nSPS) is 16.6. The lowest BCUT2D eigenvalue weighted by molar-refractivity contribution is -0.134. The molecule has 1 fully saturated rings. The van der Waals surface area contributed by atoms with E-state index in [4.69, 9.17) is 16.7 Å². The first-order valence-electron chi connectivity index (χ1n) is 5.57. The summed E-state index contributed by atoms with van der Waals surface area (Å²) in [5, 5.41) is 10.7. The van der Waals surface area contributed by atoms with E-state index in [2.05, 4.69) is 0 Å². The molecule has 8 nitrogen and oxygen atoms in total. The molecule has 1 aliphatic rings. The molecule has 1 heterocycles. The van der Waals surface area contributed by atoms with Gasteiger partial charge in [0.15, 0.2) is 0 Å². The van der Waals surface area contributed by atoms with Gasteiger partial charge >= 0.3 is 5.97 Å². The standard InChI is InChI=1S/C11H9ClN2O6S/c12-7-2-1-6(11(17)18)3-8(7)21(19,20)14-4-9(15)13-10(16)5-14/h1-3H,4-5H2,(H,17,18)(H,13,15,16). The summed E-state index contributed by atoms with van der Waals surface area (Å²) in [7, 11) is -4.26. The molecule has 21 heavy (non-hydrogen) atoms. The van der Waals surface area contributed by atoms with Crippen molar-refractivity contribution < 1.29 is 27.9 Å². The van der Waals surface area contributed by atoms with Crippen molar-refractivity contribution in [3.05, 3.63) is 28.8 Å². The maximum atomic E-state index is 12.4. The maximum Gasteiger partial charge on any atom is 0.335 e. The Morgan fingerprint density at radius 1 is 1.24 bits per heavy atom. The van der Waals surface area contributed by atoms with E-state index in [1.165, 1.54) is 0 Å². The number of carbonyl (C=O) groups is 3. The summed E-state index contributed by atoms with van der Waals surface area (Å²) in [4.78, 5) is 32.9. The van der Waals surface area contributed by atoms with Crippen LogP contribution in [-0.4, -0.2) is 48.7 Å². The molecule has 1 aromatic carbocycles. The summed E-state index contributed by atoms with van der Waals surface area (Å²) in [6.45, 7) is -1.08. The van der Waals surface area contributed by atoms with E-state index in [0.29, 0.717) is 4.31 Å². The van der Waals surface area contributed by atoms with E-state index in [-0.39, 0.29) is 10.6 Å². The van der Waals surface area contributed by atoms with Crippen LogP contribution in [0.2, 0.25) is 5.02 Å². The first kappa shape index (κ1) is 15.4. The Balaban J connectivity index is 2.48. The molecule has 1 aliphatic heterocycles. The van der Waals surface area contributed by atoms with Crippen molar-refractivity contribution in [2.45, 2.75) is 4.90 Å². The molecule has 0 unspecified atom stereocenters. The number of halogens is 1. The zero-order chi connectivity index (χ0) is 15.8. The van der Waals surface area contributed by atoms with Gasteiger partial charge in [-0.15, -0.1) is 0 Å². The number of nitrogens with zero attached hydrogens (tertiary/aromatic N) is 1. The van der Waals surface area contributed by atoms with Gasteiger partial charge in [0.2, 0.25) is 21.8 Å². The first-order valence-corrected chi connectivity index (χ1v) is 7.39. The Morgan fingerprint density at radius 3 is 2.33 bits per heavy atom. The largest absolute Gasteiger partial charge is 0.478 e. The number of hydrogen-bond donors (Lipinski definition) is 2. The van der Waals surface area contributed by atoms with Gasteiger partial charge in [-0.2, -0.15) is 4.31 Å². The maximum absolute atomic E-state index is 12.4. The lowest BCUT2D eigenvalue weighted by atomic mass is 10.2. The predicted octanol–water partition coefficient (Wildman–Crippen LogP) is -0.315. The molecule has 0 atom stereocenters. The number of carboxylic acids is 1. The van der Waals surface area contributed by atoms with Crippen LogP contribution in [0.15, 0.2) is 23.1 Å². The van der Waals surface area contributed by atoms with E-state index in [1.54, 1.807) is 0 Å². The Morgan fingerprint density at radius 2 is 1.81 bits per heavy atom. The first-order chi connectivity index (χ1) is 9.71. The highest BCUT2D eigenvalue weighted by Crippen LogP contribution is 2.26. The van der Waals surface area contributed by atoms with Crippen LogP contribution in [-0.2, 0) is 19.6 Å². The number of aromatic carboxylic acids is 1. The summed E-state index contributed by atoms with van der Waals surface area (Å²) in [5.41, 5.74) is -0.272. The Kier molecular flexibility index (Phi) is 3.99. The molecule has 1 aromatic rings. The average molecular weight is 333 g/mol. The highest BCUT2D eigenvalue weighted by Gasteiger charge is 2.34. The number of amides is 2. The van der Waals surface area contributed by atoms with Crippen LogP contribution in [0.5, 0.6) is 0 Å². The second-order valence-electron chi connectivity index (χ2n) is 4.19. The third-order valence-corrected chi connectivity index (χ3v) is 4.99. The van der Waals surface area contributed by atoms with Crippen molar-refractivity contribution in [1.29, 1.82) is 0 Å². The van der Waals surface area contributed by atoms with Crippen LogP contribution >= 0.6 is 11.6 Å². The minimum absolute atomic E-state index is 0.196. The monoisotopic (exact) mass is 332 g/mol. The van der Waals surface area contributed by atoms with E-state index in [9.17, 15) is 22.8 Å². The lowest BCUT2D eigenvalue weighted by Gasteiger charge is -2.25. The number of benzene rings is 1. The van der Waals surface area contributed by atoms with E-state index in [0.717, 1.165) is 18.2 Å². The fourth-order valence-corrected chi connectivity index (χ4v) is 3.61. The van der Waals surface area contributed by atoms with Crippen molar-refractivity contribution in [3.63, 3.8) is 0 Å². The minimum Gasteiger partial charge on any atom is -0.478 e. The summed E-state index contributed by atoms with van der Waals surface area (Å²) in [6, 6.07) is 3.17. The fraction of sp³-hybridized carbons (Fsp3) is 0.182. The molecule has 0 radical (unpaired) electrons. The zero-order valence-electron chi connectivity index (χ0n) is 10.4. The van der Waals surface area contributed by atoms with Gasteiger partial charge in [-0.05, 0) is 18.2 Å². The summed E-state index contributed by atoms with van der Waals surface area (Å²) in [6.07, 6.45) is 0. The van der Waals surface area contributed by atoms with Crippen LogP contribution in [0, 0.1) is 0 Å². The number of nitrogens with one attached hydrogen (secondary N) is 1. The molecule has 2 N–H and O–H groups in total. The van der Waals surface area contributed by atoms with Crippen LogP contribution in [0.3, 0.4) is 0 Å². The van der Waals surface area contributed by atoms with Crippen molar-refractivity contribution >= 4 is 39.4 Å². The number of carbonyl (C=O) groups excluding carboxylic acids is 2. The Bertz CT molecular complexity index is 729. The van der Waals surface area contributed by atoms with Gasteiger partial charge < -0.3 is 5.11 Å². The SMILES string of the molecule is O=C1CN(S(=O)(=O)c2cc(C(=O)O)ccc2Cl)CC(=O)N1. The topological polar surface area (TPSA) is 121 Å². The van der Waals surface area contributed by atoms with Crippen molar-refractivity contribution in [2.24, 2.45) is 0 Å². The molecule has 0 aliphatic carbocycles. The predicted molar refractivity (Wildman–Crippen MR) is 70.3 cm³/mol. The fourth-order valence-electron chi connectivity index (χ4n) is 1.75. The molecule has 2 rings (SSSR count). The highest BCUT2D eigenvalue weighted by molar-refractivity contribution is 7.89. The molecule has 112 valence electrons. The van der Waals surface area contributed by atoms with E-state index >= 15 is 0 Å². The minimum atomic E-state index is -4.26. The number of rotatable bonds is 3.